The summed E-state index contributed by atoms with van der Waals surface area (Å²) in [7, 11) is 4.14. The summed E-state index contributed by atoms with van der Waals surface area (Å²) < 4.78 is 5.40. The van der Waals surface area contributed by atoms with E-state index in [1.165, 1.54) is 58.3 Å². The molecule has 4 heterocycles. The minimum absolute atomic E-state index is 0.149. The Morgan fingerprint density at radius 3 is 2.22 bits per heavy atom. The van der Waals surface area contributed by atoms with Crippen LogP contribution < -0.4 is 5.32 Å². The van der Waals surface area contributed by atoms with Crippen molar-refractivity contribution < 1.29 is 9.53 Å². The average molecular weight is 449 g/mol. The first-order valence-corrected chi connectivity index (χ1v) is 12.9. The van der Waals surface area contributed by atoms with Crippen LogP contribution in [0.1, 0.15) is 44.9 Å². The summed E-state index contributed by atoms with van der Waals surface area (Å²) in [6.07, 6.45) is 8.32. The Labute approximate surface area is 194 Å². The molecule has 0 unspecified atom stereocenters. The summed E-state index contributed by atoms with van der Waals surface area (Å²) in [4.78, 5) is 27.1. The Morgan fingerprint density at radius 1 is 0.938 bits per heavy atom. The van der Waals surface area contributed by atoms with Crippen LogP contribution in [0.15, 0.2) is 4.99 Å². The van der Waals surface area contributed by atoms with Crippen LogP contribution in [0.3, 0.4) is 0 Å². The Morgan fingerprint density at radius 2 is 1.59 bits per heavy atom. The van der Waals surface area contributed by atoms with E-state index in [1.807, 2.05) is 11.9 Å². The van der Waals surface area contributed by atoms with E-state index < -0.39 is 0 Å². The van der Waals surface area contributed by atoms with Crippen LogP contribution >= 0.6 is 0 Å². The van der Waals surface area contributed by atoms with Gasteiger partial charge in [0, 0.05) is 51.2 Å². The van der Waals surface area contributed by atoms with E-state index in [9.17, 15) is 4.79 Å². The number of ether oxygens (including phenoxy) is 1. The van der Waals surface area contributed by atoms with Gasteiger partial charge >= 0.3 is 0 Å². The van der Waals surface area contributed by atoms with Gasteiger partial charge in [0.05, 0.1) is 13.2 Å². The number of carbonyl (C=O) groups excluding carboxylic acids is 1. The molecule has 1 amide bonds. The van der Waals surface area contributed by atoms with Crippen LogP contribution in [0.4, 0.5) is 0 Å². The number of hydrogen-bond donors (Lipinski definition) is 1. The van der Waals surface area contributed by atoms with Crippen LogP contribution in [-0.4, -0.2) is 123 Å². The van der Waals surface area contributed by atoms with Gasteiger partial charge in [-0.25, -0.2) is 0 Å². The normalized spacial score (nSPS) is 26.9. The predicted molar refractivity (Wildman–Crippen MR) is 128 cm³/mol. The second-order valence-electron chi connectivity index (χ2n) is 10.2. The van der Waals surface area contributed by atoms with Crippen LogP contribution in [0.25, 0.3) is 0 Å². The first kappa shape index (κ1) is 23.8. The molecular formula is C24H44N6O2. The largest absolute Gasteiger partial charge is 0.378 e. The molecule has 0 saturated carbocycles. The van der Waals surface area contributed by atoms with Crippen molar-refractivity contribution in [3.63, 3.8) is 0 Å². The van der Waals surface area contributed by atoms with Crippen molar-refractivity contribution in [1.82, 2.24) is 24.9 Å². The molecule has 4 rings (SSSR count). The van der Waals surface area contributed by atoms with E-state index in [0.29, 0.717) is 19.1 Å². The molecule has 0 atom stereocenters. The summed E-state index contributed by atoms with van der Waals surface area (Å²) >= 11 is 0. The molecule has 0 bridgehead atoms. The number of amides is 1. The molecule has 4 aliphatic heterocycles. The lowest BCUT2D eigenvalue weighted by Crippen LogP contribution is -2.62. The number of nitrogens with zero attached hydrogens (tertiary/aromatic N) is 5. The van der Waals surface area contributed by atoms with Gasteiger partial charge in [-0.15, -0.1) is 0 Å². The fraction of sp³-hybridized carbons (Fsp3) is 0.917. The topological polar surface area (TPSA) is 63.7 Å². The highest BCUT2D eigenvalue weighted by Crippen LogP contribution is 2.31. The number of guanidine groups is 1. The monoisotopic (exact) mass is 448 g/mol. The molecule has 8 heteroatoms. The summed E-state index contributed by atoms with van der Waals surface area (Å²) in [6.45, 7) is 10.4. The Hall–Kier alpha value is -1.38. The highest BCUT2D eigenvalue weighted by atomic mass is 16.5. The van der Waals surface area contributed by atoms with E-state index >= 15 is 0 Å². The van der Waals surface area contributed by atoms with E-state index in [4.69, 9.17) is 4.74 Å². The summed E-state index contributed by atoms with van der Waals surface area (Å²) in [5.74, 6) is 1.49. The lowest BCUT2D eigenvalue weighted by molar-refractivity contribution is -0.140. The van der Waals surface area contributed by atoms with Crippen molar-refractivity contribution in [3.8, 4) is 0 Å². The predicted octanol–water partition coefficient (Wildman–Crippen LogP) is 1.08. The lowest BCUT2D eigenvalue weighted by atomic mass is 9.84. The molecule has 0 aromatic carbocycles. The minimum Gasteiger partial charge on any atom is -0.378 e. The second-order valence-corrected chi connectivity index (χ2v) is 10.2. The maximum atomic E-state index is 12.9. The lowest BCUT2D eigenvalue weighted by Gasteiger charge is -2.50. The van der Waals surface area contributed by atoms with Gasteiger partial charge < -0.3 is 24.8 Å². The molecular weight excluding hydrogens is 404 g/mol. The van der Waals surface area contributed by atoms with Crippen LogP contribution in [0, 0.1) is 5.92 Å². The third-order valence-electron chi connectivity index (χ3n) is 8.20. The number of aliphatic imine (C=N–C) groups is 1. The van der Waals surface area contributed by atoms with Crippen molar-refractivity contribution >= 4 is 11.9 Å². The van der Waals surface area contributed by atoms with Crippen molar-refractivity contribution in [1.29, 1.82) is 0 Å². The van der Waals surface area contributed by atoms with Gasteiger partial charge in [0.1, 0.15) is 0 Å². The Bertz CT molecular complexity index is 628. The molecule has 32 heavy (non-hydrogen) atoms. The molecule has 0 aromatic heterocycles. The molecule has 182 valence electrons. The number of piperidine rings is 3. The van der Waals surface area contributed by atoms with Gasteiger partial charge in [-0.1, -0.05) is 6.42 Å². The first-order valence-electron chi connectivity index (χ1n) is 12.9. The minimum atomic E-state index is 0.149. The van der Waals surface area contributed by atoms with Crippen molar-refractivity contribution in [2.45, 2.75) is 50.5 Å². The molecule has 0 spiro atoms. The number of morpholine rings is 1. The fourth-order valence-electron chi connectivity index (χ4n) is 5.96. The molecule has 4 fully saturated rings. The number of hydrogen-bond acceptors (Lipinski definition) is 5. The number of likely N-dealkylation sites (tertiary alicyclic amines) is 3. The number of nitrogens with one attached hydrogen (secondary N) is 1. The summed E-state index contributed by atoms with van der Waals surface area (Å²) in [5.41, 5.74) is 0.244. The van der Waals surface area contributed by atoms with Crippen molar-refractivity contribution in [2.75, 3.05) is 86.2 Å². The van der Waals surface area contributed by atoms with E-state index in [-0.39, 0.29) is 11.5 Å². The maximum Gasteiger partial charge on any atom is 0.225 e. The van der Waals surface area contributed by atoms with Gasteiger partial charge in [-0.3, -0.25) is 14.7 Å². The molecule has 1 N–H and O–H groups in total. The van der Waals surface area contributed by atoms with E-state index in [1.54, 1.807) is 0 Å². The van der Waals surface area contributed by atoms with Gasteiger partial charge in [0.2, 0.25) is 5.91 Å². The van der Waals surface area contributed by atoms with Crippen LogP contribution in [-0.2, 0) is 9.53 Å². The average Bonchev–Trinajstić information content (AvgIpc) is 2.87. The third kappa shape index (κ3) is 5.57. The smallest absolute Gasteiger partial charge is 0.225 e. The van der Waals surface area contributed by atoms with E-state index in [0.717, 1.165) is 51.5 Å². The molecule has 0 aliphatic carbocycles. The van der Waals surface area contributed by atoms with Gasteiger partial charge in [0.15, 0.2) is 5.96 Å². The standard InChI is InChI=1S/C24H44N6O2/c1-25-23(29-12-6-21(7-13-29)22(31)28-16-18-32-19-17-28)26-20-24(8-14-27(2)15-9-24)30-10-4-3-5-11-30/h21H,3-20H2,1-2H3,(H,25,26). The maximum absolute atomic E-state index is 12.9. The zero-order valence-corrected chi connectivity index (χ0v) is 20.4. The summed E-state index contributed by atoms with van der Waals surface area (Å²) in [5, 5.41) is 3.77. The fourth-order valence-corrected chi connectivity index (χ4v) is 5.96. The van der Waals surface area contributed by atoms with Crippen LogP contribution in [0.2, 0.25) is 0 Å². The quantitative estimate of drug-likeness (QED) is 0.513. The van der Waals surface area contributed by atoms with Crippen molar-refractivity contribution in [2.24, 2.45) is 10.9 Å². The molecule has 4 saturated heterocycles. The second kappa shape index (κ2) is 11.2. The highest BCUT2D eigenvalue weighted by Gasteiger charge is 2.40. The van der Waals surface area contributed by atoms with Crippen LogP contribution in [0.5, 0.6) is 0 Å². The molecule has 0 radical (unpaired) electrons. The van der Waals surface area contributed by atoms with Gasteiger partial charge in [-0.2, -0.15) is 0 Å². The zero-order valence-electron chi connectivity index (χ0n) is 20.4. The third-order valence-corrected chi connectivity index (χ3v) is 8.20. The van der Waals surface area contributed by atoms with Crippen molar-refractivity contribution in [3.05, 3.63) is 0 Å². The summed E-state index contributed by atoms with van der Waals surface area (Å²) in [6, 6.07) is 0. The van der Waals surface area contributed by atoms with E-state index in [2.05, 4.69) is 32.1 Å². The Kier molecular flexibility index (Phi) is 8.29. The molecule has 4 aliphatic rings. The SMILES string of the molecule is CN=C(NCC1(N2CCCCC2)CCN(C)CC1)N1CCC(C(=O)N2CCOCC2)CC1. The zero-order chi connectivity index (χ0) is 22.4. The first-order chi connectivity index (χ1) is 15.6. The molecule has 0 aromatic rings. The number of rotatable bonds is 4. The number of carbonyl (C=O) groups is 1. The van der Waals surface area contributed by atoms with Gasteiger partial charge in [-0.05, 0) is 71.8 Å². The van der Waals surface area contributed by atoms with Gasteiger partial charge in [0.25, 0.3) is 0 Å². The highest BCUT2D eigenvalue weighted by molar-refractivity contribution is 5.82. The molecule has 8 nitrogen and oxygen atoms in total. The Balaban J connectivity index is 1.31.